The normalized spacial score (nSPS) is 12.6. The third-order valence-corrected chi connectivity index (χ3v) is 3.21. The van der Waals surface area contributed by atoms with Crippen molar-refractivity contribution in [2.75, 3.05) is 26.1 Å². The number of nitrogens with one attached hydrogen (secondary N) is 1. The van der Waals surface area contributed by atoms with Crippen molar-refractivity contribution in [1.29, 1.82) is 0 Å². The van der Waals surface area contributed by atoms with Gasteiger partial charge in [-0.3, -0.25) is 0 Å². The number of rotatable bonds is 10. The molecule has 0 bridgehead atoms. The van der Waals surface area contributed by atoms with Crippen LogP contribution in [0.3, 0.4) is 0 Å². The summed E-state index contributed by atoms with van der Waals surface area (Å²) in [5, 5.41) is 3.50. The van der Waals surface area contributed by atoms with Crippen molar-refractivity contribution in [3.8, 4) is 0 Å². The van der Waals surface area contributed by atoms with E-state index in [1.54, 1.807) is 7.11 Å². The van der Waals surface area contributed by atoms with E-state index in [4.69, 9.17) is 16.3 Å². The largest absolute Gasteiger partial charge is 0.383 e. The van der Waals surface area contributed by atoms with Crippen LogP contribution in [0, 0.1) is 0 Å². The fourth-order valence-corrected chi connectivity index (χ4v) is 2.25. The van der Waals surface area contributed by atoms with Crippen LogP contribution in [0.1, 0.15) is 24.8 Å². The SMILES string of the molecule is COCC(CCCl)NCCCCc1ccccc1. The fourth-order valence-electron chi connectivity index (χ4n) is 1.98. The van der Waals surface area contributed by atoms with Crippen molar-refractivity contribution in [2.45, 2.75) is 31.7 Å². The lowest BCUT2D eigenvalue weighted by molar-refractivity contribution is 0.164. The standard InChI is InChI=1S/C15H24ClNO/c1-18-13-15(10-11-16)17-12-6-5-9-14-7-3-2-4-8-14/h2-4,7-8,15,17H,5-6,9-13H2,1H3. The molecule has 0 spiro atoms. The zero-order valence-corrected chi connectivity index (χ0v) is 12.0. The second kappa shape index (κ2) is 10.4. The van der Waals surface area contributed by atoms with Crippen molar-refractivity contribution >= 4 is 11.6 Å². The minimum Gasteiger partial charge on any atom is -0.383 e. The van der Waals surface area contributed by atoms with Crippen LogP contribution in [0.2, 0.25) is 0 Å². The van der Waals surface area contributed by atoms with Crippen molar-refractivity contribution < 1.29 is 4.74 Å². The molecule has 2 nitrogen and oxygen atoms in total. The van der Waals surface area contributed by atoms with Gasteiger partial charge in [0.25, 0.3) is 0 Å². The van der Waals surface area contributed by atoms with Gasteiger partial charge in [0.1, 0.15) is 0 Å². The summed E-state index contributed by atoms with van der Waals surface area (Å²) >= 11 is 5.76. The van der Waals surface area contributed by atoms with Gasteiger partial charge in [-0.1, -0.05) is 30.3 Å². The van der Waals surface area contributed by atoms with E-state index in [-0.39, 0.29) is 0 Å². The van der Waals surface area contributed by atoms with Crippen LogP contribution in [-0.2, 0) is 11.2 Å². The number of benzene rings is 1. The highest BCUT2D eigenvalue weighted by atomic mass is 35.5. The molecule has 0 aromatic heterocycles. The summed E-state index contributed by atoms with van der Waals surface area (Å²) in [6, 6.07) is 11.0. The maximum atomic E-state index is 5.76. The maximum absolute atomic E-state index is 5.76. The molecule has 0 fully saturated rings. The third-order valence-electron chi connectivity index (χ3n) is 2.99. The average molecular weight is 270 g/mol. The summed E-state index contributed by atoms with van der Waals surface area (Å²) in [6.07, 6.45) is 4.54. The number of hydrogen-bond acceptors (Lipinski definition) is 2. The van der Waals surface area contributed by atoms with E-state index >= 15 is 0 Å². The number of ether oxygens (including phenoxy) is 1. The number of halogens is 1. The van der Waals surface area contributed by atoms with Crippen LogP contribution < -0.4 is 5.32 Å². The molecule has 0 heterocycles. The molecular weight excluding hydrogens is 246 g/mol. The first kappa shape index (κ1) is 15.5. The van der Waals surface area contributed by atoms with Crippen LogP contribution in [0.5, 0.6) is 0 Å². The highest BCUT2D eigenvalue weighted by Gasteiger charge is 2.05. The highest BCUT2D eigenvalue weighted by Crippen LogP contribution is 2.04. The molecule has 0 aliphatic rings. The Bertz CT molecular complexity index is 286. The molecule has 0 aliphatic heterocycles. The van der Waals surface area contributed by atoms with Gasteiger partial charge in [0.05, 0.1) is 6.61 Å². The summed E-state index contributed by atoms with van der Waals surface area (Å²) in [6.45, 7) is 1.78. The Balaban J connectivity index is 2.06. The second-order valence-electron chi connectivity index (χ2n) is 4.53. The quantitative estimate of drug-likeness (QED) is 0.520. The third kappa shape index (κ3) is 7.00. The first-order valence-corrected chi connectivity index (χ1v) is 7.22. The first-order valence-electron chi connectivity index (χ1n) is 6.69. The molecule has 0 saturated carbocycles. The lowest BCUT2D eigenvalue weighted by Gasteiger charge is -2.16. The van der Waals surface area contributed by atoms with Crippen molar-refractivity contribution in [3.63, 3.8) is 0 Å². The summed E-state index contributed by atoms with van der Waals surface area (Å²) in [5.74, 6) is 0.686. The van der Waals surface area contributed by atoms with E-state index < -0.39 is 0 Å². The first-order chi connectivity index (χ1) is 8.86. The summed E-state index contributed by atoms with van der Waals surface area (Å²) < 4.78 is 5.16. The van der Waals surface area contributed by atoms with Gasteiger partial charge in [-0.25, -0.2) is 0 Å². The van der Waals surface area contributed by atoms with Crippen LogP contribution in [-0.4, -0.2) is 32.2 Å². The molecule has 1 unspecified atom stereocenters. The van der Waals surface area contributed by atoms with Crippen LogP contribution >= 0.6 is 11.6 Å². The predicted octanol–water partition coefficient (Wildman–Crippen LogP) is 3.24. The Morgan fingerprint density at radius 2 is 2.00 bits per heavy atom. The van der Waals surface area contributed by atoms with Gasteiger partial charge in [0, 0.05) is 19.0 Å². The number of aryl methyl sites for hydroxylation is 1. The zero-order chi connectivity index (χ0) is 13.1. The lowest BCUT2D eigenvalue weighted by Crippen LogP contribution is -2.34. The number of unbranched alkanes of at least 4 members (excludes halogenated alkanes) is 1. The Morgan fingerprint density at radius 1 is 1.22 bits per heavy atom. The molecule has 1 N–H and O–H groups in total. The van der Waals surface area contributed by atoms with E-state index in [9.17, 15) is 0 Å². The molecule has 0 amide bonds. The van der Waals surface area contributed by atoms with Crippen LogP contribution in [0.4, 0.5) is 0 Å². The number of methoxy groups -OCH3 is 1. The zero-order valence-electron chi connectivity index (χ0n) is 11.2. The minimum atomic E-state index is 0.393. The van der Waals surface area contributed by atoms with Gasteiger partial charge in [0.2, 0.25) is 0 Å². The van der Waals surface area contributed by atoms with E-state index in [1.807, 2.05) is 0 Å². The number of alkyl halides is 1. The summed E-state index contributed by atoms with van der Waals surface area (Å²) in [7, 11) is 1.73. The Kier molecular flexibility index (Phi) is 8.92. The fraction of sp³-hybridized carbons (Fsp3) is 0.600. The molecule has 1 aromatic carbocycles. The topological polar surface area (TPSA) is 21.3 Å². The van der Waals surface area contributed by atoms with Crippen LogP contribution in [0.15, 0.2) is 30.3 Å². The van der Waals surface area contributed by atoms with E-state index in [1.165, 1.54) is 18.4 Å². The van der Waals surface area contributed by atoms with Gasteiger partial charge in [-0.15, -0.1) is 11.6 Å². The minimum absolute atomic E-state index is 0.393. The molecule has 1 aromatic rings. The van der Waals surface area contributed by atoms with Gasteiger partial charge in [-0.2, -0.15) is 0 Å². The van der Waals surface area contributed by atoms with Crippen LogP contribution in [0.25, 0.3) is 0 Å². The Morgan fingerprint density at radius 3 is 2.67 bits per heavy atom. The van der Waals surface area contributed by atoms with Crippen molar-refractivity contribution in [1.82, 2.24) is 5.32 Å². The van der Waals surface area contributed by atoms with E-state index in [0.29, 0.717) is 11.9 Å². The predicted molar refractivity (Wildman–Crippen MR) is 78.4 cm³/mol. The monoisotopic (exact) mass is 269 g/mol. The van der Waals surface area contributed by atoms with Crippen molar-refractivity contribution in [2.24, 2.45) is 0 Å². The number of hydrogen-bond donors (Lipinski definition) is 1. The Labute approximate surface area is 116 Å². The molecule has 1 rings (SSSR count). The highest BCUT2D eigenvalue weighted by molar-refractivity contribution is 6.17. The molecule has 0 aliphatic carbocycles. The average Bonchev–Trinajstić information content (AvgIpc) is 2.40. The molecule has 1 atom stereocenters. The van der Waals surface area contributed by atoms with E-state index in [0.717, 1.165) is 26.0 Å². The molecule has 0 radical (unpaired) electrons. The van der Waals surface area contributed by atoms with Gasteiger partial charge < -0.3 is 10.1 Å². The second-order valence-corrected chi connectivity index (χ2v) is 4.90. The summed E-state index contributed by atoms with van der Waals surface area (Å²) in [5.41, 5.74) is 1.42. The molecule has 3 heteroatoms. The summed E-state index contributed by atoms with van der Waals surface area (Å²) in [4.78, 5) is 0. The smallest absolute Gasteiger partial charge is 0.0616 e. The van der Waals surface area contributed by atoms with Gasteiger partial charge in [-0.05, 0) is 37.8 Å². The lowest BCUT2D eigenvalue weighted by atomic mass is 10.1. The molecular formula is C15H24ClNO. The van der Waals surface area contributed by atoms with E-state index in [2.05, 4.69) is 35.6 Å². The Hall–Kier alpha value is -0.570. The molecule has 0 saturated heterocycles. The van der Waals surface area contributed by atoms with Gasteiger partial charge >= 0.3 is 0 Å². The van der Waals surface area contributed by atoms with Crippen molar-refractivity contribution in [3.05, 3.63) is 35.9 Å². The van der Waals surface area contributed by atoms with Gasteiger partial charge in [0.15, 0.2) is 0 Å². The maximum Gasteiger partial charge on any atom is 0.0616 e. The molecule has 102 valence electrons. The molecule has 18 heavy (non-hydrogen) atoms.